The summed E-state index contributed by atoms with van der Waals surface area (Å²) in [4.78, 5) is 15.9. The molecule has 0 atom stereocenters. The maximum atomic E-state index is 12.6. The Hall–Kier alpha value is -0.810. The maximum absolute atomic E-state index is 12.6. The van der Waals surface area contributed by atoms with Gasteiger partial charge in [-0.1, -0.05) is 0 Å². The molecular formula is C13H11Br2NO2. The summed E-state index contributed by atoms with van der Waals surface area (Å²) < 4.78 is 7.02. The fourth-order valence-electron chi connectivity index (χ4n) is 2.57. The van der Waals surface area contributed by atoms with Crippen LogP contribution in [0.15, 0.2) is 19.8 Å². The molecule has 2 aromatic rings. The average molecular weight is 373 g/mol. The zero-order valence-corrected chi connectivity index (χ0v) is 12.9. The van der Waals surface area contributed by atoms with Crippen LogP contribution in [0.3, 0.4) is 0 Å². The Kier molecular flexibility index (Phi) is 2.98. The van der Waals surface area contributed by atoms with Crippen molar-refractivity contribution in [2.24, 2.45) is 0 Å². The van der Waals surface area contributed by atoms with Gasteiger partial charge in [-0.25, -0.2) is 0 Å². The number of methoxy groups -OCH3 is 1. The lowest BCUT2D eigenvalue weighted by Crippen LogP contribution is -2.12. The van der Waals surface area contributed by atoms with Crippen molar-refractivity contribution in [1.29, 1.82) is 0 Å². The highest BCUT2D eigenvalue weighted by Gasteiger charge is 2.21. The topological polar surface area (TPSA) is 42.1 Å². The van der Waals surface area contributed by atoms with E-state index in [1.165, 1.54) is 0 Å². The van der Waals surface area contributed by atoms with Gasteiger partial charge >= 0.3 is 0 Å². The number of fused-ring (bicyclic) bond motifs is 2. The highest BCUT2D eigenvalue weighted by molar-refractivity contribution is 9.11. The van der Waals surface area contributed by atoms with Crippen LogP contribution in [0.25, 0.3) is 10.9 Å². The van der Waals surface area contributed by atoms with Gasteiger partial charge in [0.2, 0.25) is 0 Å². The van der Waals surface area contributed by atoms with Crippen LogP contribution in [0.5, 0.6) is 5.75 Å². The molecule has 1 heterocycles. The molecule has 1 aliphatic carbocycles. The van der Waals surface area contributed by atoms with E-state index in [1.807, 2.05) is 6.07 Å². The number of hydrogen-bond acceptors (Lipinski definition) is 2. The van der Waals surface area contributed by atoms with E-state index in [-0.39, 0.29) is 5.43 Å². The molecule has 0 radical (unpaired) electrons. The zero-order chi connectivity index (χ0) is 12.9. The molecule has 3 rings (SSSR count). The van der Waals surface area contributed by atoms with Gasteiger partial charge in [-0.3, -0.25) is 4.79 Å². The van der Waals surface area contributed by atoms with Crippen molar-refractivity contribution >= 4 is 42.8 Å². The second-order valence-corrected chi connectivity index (χ2v) is 6.10. The lowest BCUT2D eigenvalue weighted by atomic mass is 10.1. The first-order valence-electron chi connectivity index (χ1n) is 5.73. The van der Waals surface area contributed by atoms with E-state index < -0.39 is 0 Å². The predicted octanol–water partition coefficient (Wildman–Crippen LogP) is 3.55. The van der Waals surface area contributed by atoms with E-state index in [2.05, 4.69) is 36.8 Å². The van der Waals surface area contributed by atoms with Gasteiger partial charge in [-0.2, -0.15) is 0 Å². The predicted molar refractivity (Wildman–Crippen MR) is 78.5 cm³/mol. The Morgan fingerprint density at radius 2 is 2.06 bits per heavy atom. The number of hydrogen-bond donors (Lipinski definition) is 1. The smallest absolute Gasteiger partial charge is 0.196 e. The van der Waals surface area contributed by atoms with Crippen LogP contribution in [-0.2, 0) is 12.8 Å². The number of benzene rings is 1. The molecule has 0 aliphatic heterocycles. The van der Waals surface area contributed by atoms with Crippen molar-refractivity contribution in [1.82, 2.24) is 4.98 Å². The number of rotatable bonds is 1. The number of ether oxygens (including phenoxy) is 1. The first-order valence-corrected chi connectivity index (χ1v) is 7.31. The number of pyridine rings is 1. The lowest BCUT2D eigenvalue weighted by Gasteiger charge is -2.11. The number of aromatic nitrogens is 1. The summed E-state index contributed by atoms with van der Waals surface area (Å²) in [6.45, 7) is 0. The molecule has 0 spiro atoms. The Balaban J connectivity index is 2.54. The molecule has 18 heavy (non-hydrogen) atoms. The summed E-state index contributed by atoms with van der Waals surface area (Å²) in [5.74, 6) is 0.601. The molecule has 1 aromatic heterocycles. The van der Waals surface area contributed by atoms with Gasteiger partial charge < -0.3 is 9.72 Å². The Labute approximate surface area is 121 Å². The van der Waals surface area contributed by atoms with Crippen LogP contribution in [-0.4, -0.2) is 12.1 Å². The minimum atomic E-state index is 0.0927. The van der Waals surface area contributed by atoms with Gasteiger partial charge in [0.15, 0.2) is 5.43 Å². The Bertz CT molecular complexity index is 706. The van der Waals surface area contributed by atoms with Crippen LogP contribution in [0.4, 0.5) is 0 Å². The molecule has 94 valence electrons. The summed E-state index contributed by atoms with van der Waals surface area (Å²) in [7, 11) is 1.58. The molecule has 0 unspecified atom stereocenters. The molecule has 1 aromatic carbocycles. The molecular weight excluding hydrogens is 362 g/mol. The van der Waals surface area contributed by atoms with Crippen molar-refractivity contribution in [2.75, 3.05) is 7.11 Å². The largest absolute Gasteiger partial charge is 0.495 e. The minimum Gasteiger partial charge on any atom is -0.495 e. The first kappa shape index (κ1) is 12.2. The Morgan fingerprint density at radius 1 is 1.28 bits per heavy atom. The monoisotopic (exact) mass is 371 g/mol. The van der Waals surface area contributed by atoms with Gasteiger partial charge in [0, 0.05) is 15.7 Å². The molecule has 1 N–H and O–H groups in total. The van der Waals surface area contributed by atoms with Crippen LogP contribution < -0.4 is 10.2 Å². The molecule has 0 saturated carbocycles. The molecule has 0 fully saturated rings. The third kappa shape index (κ3) is 1.64. The second kappa shape index (κ2) is 4.38. The van der Waals surface area contributed by atoms with E-state index in [0.29, 0.717) is 11.1 Å². The summed E-state index contributed by atoms with van der Waals surface area (Å²) in [5, 5.41) is 0.624. The third-order valence-electron chi connectivity index (χ3n) is 3.39. The Morgan fingerprint density at radius 3 is 2.78 bits per heavy atom. The standard InChI is InChI=1S/C13H11Br2NO2/c1-18-13-8(15)5-7(14)11-10(13)12(17)6-3-2-4-9(6)16-11/h5H,2-4H2,1H3,(H,16,17). The van der Waals surface area contributed by atoms with E-state index in [1.54, 1.807) is 7.11 Å². The molecule has 5 heteroatoms. The van der Waals surface area contributed by atoms with Crippen LogP contribution >= 0.6 is 31.9 Å². The molecule has 0 bridgehead atoms. The SMILES string of the molecule is COc1c(Br)cc(Br)c2[nH]c3c(c(=O)c12)CCC3. The molecule has 0 amide bonds. The molecule has 0 saturated heterocycles. The van der Waals surface area contributed by atoms with Crippen molar-refractivity contribution in [3.63, 3.8) is 0 Å². The van der Waals surface area contributed by atoms with Gasteiger partial charge in [0.05, 0.1) is 22.5 Å². The normalized spacial score (nSPS) is 13.9. The van der Waals surface area contributed by atoms with Crippen molar-refractivity contribution in [2.45, 2.75) is 19.3 Å². The van der Waals surface area contributed by atoms with Gasteiger partial charge in [-0.15, -0.1) is 0 Å². The van der Waals surface area contributed by atoms with E-state index in [9.17, 15) is 4.79 Å². The van der Waals surface area contributed by atoms with Gasteiger partial charge in [-0.05, 0) is 57.2 Å². The summed E-state index contributed by atoms with van der Waals surface area (Å²) in [6.07, 6.45) is 2.84. The summed E-state index contributed by atoms with van der Waals surface area (Å²) in [5.41, 5.74) is 2.89. The third-order valence-corrected chi connectivity index (χ3v) is 4.60. The molecule has 1 aliphatic rings. The van der Waals surface area contributed by atoms with E-state index in [0.717, 1.165) is 45.0 Å². The van der Waals surface area contributed by atoms with Crippen molar-refractivity contribution in [3.8, 4) is 5.75 Å². The average Bonchev–Trinajstić information content (AvgIpc) is 2.79. The van der Waals surface area contributed by atoms with Crippen LogP contribution in [0, 0.1) is 0 Å². The number of H-pyrrole nitrogens is 1. The maximum Gasteiger partial charge on any atom is 0.196 e. The minimum absolute atomic E-state index is 0.0927. The van der Waals surface area contributed by atoms with Crippen molar-refractivity contribution < 1.29 is 4.74 Å². The number of nitrogens with one attached hydrogen (secondary N) is 1. The summed E-state index contributed by atoms with van der Waals surface area (Å²) >= 11 is 6.93. The van der Waals surface area contributed by atoms with E-state index >= 15 is 0 Å². The second-order valence-electron chi connectivity index (χ2n) is 4.39. The fraction of sp³-hybridized carbons (Fsp3) is 0.308. The number of halogens is 2. The summed E-state index contributed by atoms with van der Waals surface area (Å²) in [6, 6.07) is 1.90. The highest BCUT2D eigenvalue weighted by atomic mass is 79.9. The first-order chi connectivity index (χ1) is 8.63. The van der Waals surface area contributed by atoms with Crippen LogP contribution in [0.2, 0.25) is 0 Å². The van der Waals surface area contributed by atoms with Gasteiger partial charge in [0.1, 0.15) is 5.75 Å². The van der Waals surface area contributed by atoms with Crippen molar-refractivity contribution in [3.05, 3.63) is 36.5 Å². The number of aryl methyl sites for hydroxylation is 1. The zero-order valence-electron chi connectivity index (χ0n) is 9.77. The van der Waals surface area contributed by atoms with Gasteiger partial charge in [0.25, 0.3) is 0 Å². The molecule has 3 nitrogen and oxygen atoms in total. The number of aromatic amines is 1. The lowest BCUT2D eigenvalue weighted by molar-refractivity contribution is 0.417. The van der Waals surface area contributed by atoms with Crippen LogP contribution in [0.1, 0.15) is 17.7 Å². The van der Waals surface area contributed by atoms with E-state index in [4.69, 9.17) is 4.74 Å². The fourth-order valence-corrected chi connectivity index (χ4v) is 4.00. The highest BCUT2D eigenvalue weighted by Crippen LogP contribution is 2.37. The quantitative estimate of drug-likeness (QED) is 0.831.